The standard InChI is InChI=1S/C18H19N5O/c24-18(15-5-2-6-16-17(15)21-12-20-16)22-13-3-1-4-14(11-13)23-9-7-19-8-10-23/h1-6,11-12,19H,7-10H2,(H,20,21)(H,22,24). The van der Waals surface area contributed by atoms with E-state index in [1.807, 2.05) is 30.3 Å². The third kappa shape index (κ3) is 2.83. The molecular weight excluding hydrogens is 302 g/mol. The number of H-pyrrole nitrogens is 1. The van der Waals surface area contributed by atoms with Crippen LogP contribution in [0.1, 0.15) is 10.4 Å². The summed E-state index contributed by atoms with van der Waals surface area (Å²) in [5.41, 5.74) is 4.04. The Morgan fingerprint density at radius 2 is 1.96 bits per heavy atom. The summed E-state index contributed by atoms with van der Waals surface area (Å²) in [4.78, 5) is 22.2. The first kappa shape index (κ1) is 14.7. The van der Waals surface area contributed by atoms with Crippen LogP contribution in [0.15, 0.2) is 48.8 Å². The van der Waals surface area contributed by atoms with Crippen molar-refractivity contribution in [2.45, 2.75) is 0 Å². The molecule has 1 amide bonds. The Hall–Kier alpha value is -2.86. The summed E-state index contributed by atoms with van der Waals surface area (Å²) in [6.07, 6.45) is 1.60. The summed E-state index contributed by atoms with van der Waals surface area (Å²) in [5, 5.41) is 6.33. The zero-order chi connectivity index (χ0) is 16.4. The van der Waals surface area contributed by atoms with Crippen molar-refractivity contribution in [1.29, 1.82) is 0 Å². The second kappa shape index (κ2) is 6.33. The van der Waals surface area contributed by atoms with Gasteiger partial charge in [0.1, 0.15) is 5.52 Å². The highest BCUT2D eigenvalue weighted by Gasteiger charge is 2.14. The molecule has 1 aliphatic heterocycles. The molecule has 1 aliphatic rings. The van der Waals surface area contributed by atoms with Crippen LogP contribution in [0.5, 0.6) is 0 Å². The fourth-order valence-corrected chi connectivity index (χ4v) is 3.05. The van der Waals surface area contributed by atoms with Gasteiger partial charge in [-0.05, 0) is 30.3 Å². The van der Waals surface area contributed by atoms with Crippen LogP contribution in [0.25, 0.3) is 11.0 Å². The molecular formula is C18H19N5O. The number of piperazine rings is 1. The van der Waals surface area contributed by atoms with E-state index < -0.39 is 0 Å². The molecule has 0 unspecified atom stereocenters. The summed E-state index contributed by atoms with van der Waals surface area (Å²) in [6.45, 7) is 3.92. The van der Waals surface area contributed by atoms with Crippen LogP contribution in [-0.2, 0) is 0 Å². The highest BCUT2D eigenvalue weighted by molar-refractivity contribution is 6.11. The minimum atomic E-state index is -0.148. The molecule has 2 heterocycles. The zero-order valence-electron chi connectivity index (χ0n) is 13.2. The van der Waals surface area contributed by atoms with Gasteiger partial charge in [0.25, 0.3) is 5.91 Å². The van der Waals surface area contributed by atoms with Crippen LogP contribution in [0.4, 0.5) is 11.4 Å². The molecule has 0 spiro atoms. The SMILES string of the molecule is O=C(Nc1cccc(N2CCNCC2)c1)c1cccc2[nH]cnc12. The molecule has 4 rings (SSSR count). The third-order valence-corrected chi connectivity index (χ3v) is 4.28. The Bertz CT molecular complexity index is 866. The van der Waals surface area contributed by atoms with Gasteiger partial charge in [-0.15, -0.1) is 0 Å². The number of anilines is 2. The van der Waals surface area contributed by atoms with Crippen LogP contribution in [0.3, 0.4) is 0 Å². The molecule has 0 saturated carbocycles. The predicted octanol–water partition coefficient (Wildman–Crippen LogP) is 2.22. The van der Waals surface area contributed by atoms with Crippen molar-refractivity contribution in [3.05, 3.63) is 54.4 Å². The second-order valence-electron chi connectivity index (χ2n) is 5.85. The van der Waals surface area contributed by atoms with Gasteiger partial charge in [0, 0.05) is 37.6 Å². The minimum absolute atomic E-state index is 0.148. The van der Waals surface area contributed by atoms with Gasteiger partial charge < -0.3 is 20.5 Å². The monoisotopic (exact) mass is 321 g/mol. The summed E-state index contributed by atoms with van der Waals surface area (Å²) in [7, 11) is 0. The molecule has 3 N–H and O–H groups in total. The number of imidazole rings is 1. The van der Waals surface area contributed by atoms with E-state index in [4.69, 9.17) is 0 Å². The fourth-order valence-electron chi connectivity index (χ4n) is 3.05. The number of fused-ring (bicyclic) bond motifs is 1. The maximum Gasteiger partial charge on any atom is 0.257 e. The molecule has 0 atom stereocenters. The van der Waals surface area contributed by atoms with Gasteiger partial charge in [0.2, 0.25) is 0 Å². The minimum Gasteiger partial charge on any atom is -0.369 e. The lowest BCUT2D eigenvalue weighted by Gasteiger charge is -2.29. The Morgan fingerprint density at radius 1 is 1.12 bits per heavy atom. The van der Waals surface area contributed by atoms with E-state index in [9.17, 15) is 4.79 Å². The van der Waals surface area contributed by atoms with Crippen LogP contribution in [-0.4, -0.2) is 42.1 Å². The number of amides is 1. The number of benzene rings is 2. The van der Waals surface area contributed by atoms with Gasteiger partial charge in [-0.1, -0.05) is 12.1 Å². The summed E-state index contributed by atoms with van der Waals surface area (Å²) < 4.78 is 0. The largest absolute Gasteiger partial charge is 0.369 e. The summed E-state index contributed by atoms with van der Waals surface area (Å²) >= 11 is 0. The number of aromatic amines is 1. The Balaban J connectivity index is 1.56. The van der Waals surface area contributed by atoms with Crippen molar-refractivity contribution >= 4 is 28.3 Å². The van der Waals surface area contributed by atoms with Crippen molar-refractivity contribution in [2.24, 2.45) is 0 Å². The Kier molecular flexibility index (Phi) is 3.88. The molecule has 6 nitrogen and oxygen atoms in total. The first-order valence-electron chi connectivity index (χ1n) is 8.10. The molecule has 0 bridgehead atoms. The van der Waals surface area contributed by atoms with Crippen LogP contribution < -0.4 is 15.5 Å². The lowest BCUT2D eigenvalue weighted by Crippen LogP contribution is -2.43. The molecule has 0 aliphatic carbocycles. The number of hydrogen-bond acceptors (Lipinski definition) is 4. The molecule has 1 aromatic heterocycles. The first-order valence-corrected chi connectivity index (χ1v) is 8.10. The van der Waals surface area contributed by atoms with E-state index in [2.05, 4.69) is 31.6 Å². The number of carbonyl (C=O) groups excluding carboxylic acids is 1. The molecule has 1 fully saturated rings. The van der Waals surface area contributed by atoms with Gasteiger partial charge in [-0.25, -0.2) is 4.98 Å². The number of nitrogens with zero attached hydrogens (tertiary/aromatic N) is 2. The fraction of sp³-hybridized carbons (Fsp3) is 0.222. The number of nitrogens with one attached hydrogen (secondary N) is 3. The molecule has 2 aromatic carbocycles. The number of aromatic nitrogens is 2. The van der Waals surface area contributed by atoms with Gasteiger partial charge >= 0.3 is 0 Å². The average Bonchev–Trinajstić information content (AvgIpc) is 3.11. The van der Waals surface area contributed by atoms with Crippen LogP contribution >= 0.6 is 0 Å². The van der Waals surface area contributed by atoms with E-state index in [0.717, 1.165) is 43.1 Å². The zero-order valence-corrected chi connectivity index (χ0v) is 13.2. The van der Waals surface area contributed by atoms with E-state index in [1.54, 1.807) is 12.4 Å². The normalized spacial score (nSPS) is 14.8. The Labute approximate surface area is 139 Å². The van der Waals surface area contributed by atoms with Crippen molar-refractivity contribution in [3.63, 3.8) is 0 Å². The lowest BCUT2D eigenvalue weighted by molar-refractivity contribution is 0.102. The summed E-state index contributed by atoms with van der Waals surface area (Å²) in [6, 6.07) is 13.5. The number of hydrogen-bond donors (Lipinski definition) is 3. The van der Waals surface area contributed by atoms with Gasteiger partial charge in [0.05, 0.1) is 17.4 Å². The first-order chi connectivity index (χ1) is 11.8. The maximum absolute atomic E-state index is 12.6. The van der Waals surface area contributed by atoms with E-state index in [-0.39, 0.29) is 5.91 Å². The molecule has 1 saturated heterocycles. The number of para-hydroxylation sites is 1. The second-order valence-corrected chi connectivity index (χ2v) is 5.85. The van der Waals surface area contributed by atoms with Crippen LogP contribution in [0.2, 0.25) is 0 Å². The maximum atomic E-state index is 12.6. The molecule has 6 heteroatoms. The smallest absolute Gasteiger partial charge is 0.257 e. The van der Waals surface area contributed by atoms with Gasteiger partial charge in [-0.3, -0.25) is 4.79 Å². The van der Waals surface area contributed by atoms with Crippen molar-refractivity contribution < 1.29 is 4.79 Å². The topological polar surface area (TPSA) is 73.1 Å². The Morgan fingerprint density at radius 3 is 2.83 bits per heavy atom. The van der Waals surface area contributed by atoms with Crippen molar-refractivity contribution in [2.75, 3.05) is 36.4 Å². The lowest BCUT2D eigenvalue weighted by atomic mass is 10.1. The number of carbonyl (C=O) groups is 1. The van der Waals surface area contributed by atoms with Crippen molar-refractivity contribution in [1.82, 2.24) is 15.3 Å². The van der Waals surface area contributed by atoms with E-state index >= 15 is 0 Å². The number of rotatable bonds is 3. The molecule has 0 radical (unpaired) electrons. The third-order valence-electron chi connectivity index (χ3n) is 4.28. The molecule has 122 valence electrons. The average molecular weight is 321 g/mol. The van der Waals surface area contributed by atoms with E-state index in [0.29, 0.717) is 11.1 Å². The summed E-state index contributed by atoms with van der Waals surface area (Å²) in [5.74, 6) is -0.148. The predicted molar refractivity (Wildman–Crippen MR) is 95.6 cm³/mol. The molecule has 24 heavy (non-hydrogen) atoms. The van der Waals surface area contributed by atoms with Gasteiger partial charge in [-0.2, -0.15) is 0 Å². The van der Waals surface area contributed by atoms with E-state index in [1.165, 1.54) is 0 Å². The quantitative estimate of drug-likeness (QED) is 0.692. The van der Waals surface area contributed by atoms with Crippen LogP contribution in [0, 0.1) is 0 Å². The molecule has 3 aromatic rings. The van der Waals surface area contributed by atoms with Crippen molar-refractivity contribution in [3.8, 4) is 0 Å². The highest BCUT2D eigenvalue weighted by atomic mass is 16.1. The highest BCUT2D eigenvalue weighted by Crippen LogP contribution is 2.21. The van der Waals surface area contributed by atoms with Gasteiger partial charge in [0.15, 0.2) is 0 Å².